The normalized spacial score (nSPS) is 35.5. The van der Waals surface area contributed by atoms with Crippen LogP contribution in [0, 0.1) is 35.2 Å². The van der Waals surface area contributed by atoms with Crippen LogP contribution < -0.4 is 10.6 Å². The van der Waals surface area contributed by atoms with E-state index in [2.05, 4.69) is 10.6 Å². The number of carbonyl (C=O) groups excluding carboxylic acids is 1. The average molecular weight is 983 g/mol. The Morgan fingerprint density at radius 2 is 1.73 bits per heavy atom. The Balaban J connectivity index is 2.10. The van der Waals surface area contributed by atoms with Crippen LogP contribution in [0.1, 0.15) is 101 Å². The van der Waals surface area contributed by atoms with Gasteiger partial charge < -0.3 is 69.5 Å². The second-order valence-electron chi connectivity index (χ2n) is 19.5. The molecule has 388 valence electrons. The lowest BCUT2D eigenvalue weighted by molar-refractivity contribution is -0.306. The smallest absolute Gasteiger partial charge is 0.311 e. The molecular weight excluding hydrogens is 902 g/mol. The number of nitrogens with zero attached hydrogens (tertiary/aromatic N) is 2. The zero-order valence-corrected chi connectivity index (χ0v) is 42.5. The first-order chi connectivity index (χ1) is 31.2. The fourth-order valence-corrected chi connectivity index (χ4v) is 9.52. The number of likely N-dealkylation sites (N-methyl/N-ethyl adjacent to an activating group) is 1. The Bertz CT molecular complexity index is 1700. The number of aliphatic hydroxyl groups excluding tert-OH is 3. The molecule has 2 heterocycles. The summed E-state index contributed by atoms with van der Waals surface area (Å²) in [6.07, 6.45) is -8.94. The van der Waals surface area contributed by atoms with Crippen molar-refractivity contribution in [2.75, 3.05) is 52.8 Å². The number of esters is 1. The minimum Gasteiger partial charge on any atom is -0.459 e. The maximum atomic E-state index is 14.5. The van der Waals surface area contributed by atoms with Gasteiger partial charge in [-0.25, -0.2) is 13.2 Å². The predicted octanol–water partition coefficient (Wildman–Crippen LogP) is 4.31. The third-order valence-electron chi connectivity index (χ3n) is 13.4. The number of hydrogen-bond donors (Lipinski definition) is 7. The van der Waals surface area contributed by atoms with Crippen molar-refractivity contribution in [3.05, 3.63) is 29.6 Å². The van der Waals surface area contributed by atoms with Crippen molar-refractivity contribution < 1.29 is 71.9 Å². The van der Waals surface area contributed by atoms with Gasteiger partial charge in [-0.2, -0.15) is 0 Å². The largest absolute Gasteiger partial charge is 0.459 e. The lowest BCUT2D eigenvalue weighted by atomic mass is 9.77. The monoisotopic (exact) mass is 983 g/mol. The number of anilines is 1. The number of methoxy groups -OCH3 is 1. The van der Waals surface area contributed by atoms with Gasteiger partial charge in [0.05, 0.1) is 54.3 Å². The summed E-state index contributed by atoms with van der Waals surface area (Å²) in [7, 11) is 5.22. The molecule has 17 atom stereocenters. The Kier molecular flexibility index (Phi) is 23.1. The van der Waals surface area contributed by atoms with Crippen LogP contribution in [0.25, 0.3) is 0 Å². The quantitative estimate of drug-likeness (QED) is 0.0382. The molecule has 1 aromatic rings. The zero-order valence-electron chi connectivity index (χ0n) is 41.7. The van der Waals surface area contributed by atoms with Crippen LogP contribution in [-0.2, 0) is 33.2 Å². The van der Waals surface area contributed by atoms with Crippen LogP contribution in [0.2, 0.25) is 0 Å². The molecule has 0 radical (unpaired) electrons. The van der Waals surface area contributed by atoms with Crippen molar-refractivity contribution >= 4 is 29.0 Å². The number of carbonyl (C=O) groups is 1. The van der Waals surface area contributed by atoms with Crippen molar-refractivity contribution in [1.29, 1.82) is 0 Å². The molecule has 0 aliphatic carbocycles. The van der Waals surface area contributed by atoms with E-state index in [4.69, 9.17) is 40.6 Å². The highest BCUT2D eigenvalue weighted by Crippen LogP contribution is 2.38. The first-order valence-corrected chi connectivity index (χ1v) is 24.0. The zero-order chi connectivity index (χ0) is 50.7. The van der Waals surface area contributed by atoms with E-state index in [0.717, 1.165) is 12.1 Å². The van der Waals surface area contributed by atoms with Crippen molar-refractivity contribution in [3.8, 4) is 0 Å². The molecule has 0 bridgehead atoms. The van der Waals surface area contributed by atoms with Gasteiger partial charge in [-0.1, -0.05) is 20.8 Å². The number of ether oxygens (including phenoxy) is 6. The second-order valence-corrected chi connectivity index (χ2v) is 19.9. The van der Waals surface area contributed by atoms with Gasteiger partial charge >= 0.3 is 5.97 Å². The Labute approximate surface area is 401 Å². The molecule has 2 aliphatic rings. The number of benzene rings is 1. The van der Waals surface area contributed by atoms with Crippen LogP contribution in [0.15, 0.2) is 12.1 Å². The Morgan fingerprint density at radius 3 is 2.33 bits per heavy atom. The molecule has 7 N–H and O–H groups in total. The van der Waals surface area contributed by atoms with Crippen LogP contribution >= 0.6 is 12.2 Å². The van der Waals surface area contributed by atoms with E-state index in [-0.39, 0.29) is 67.8 Å². The number of rotatable bonds is 17. The van der Waals surface area contributed by atoms with Gasteiger partial charge in [0.1, 0.15) is 23.9 Å². The molecule has 0 saturated carbocycles. The van der Waals surface area contributed by atoms with Crippen molar-refractivity contribution in [1.82, 2.24) is 15.1 Å². The van der Waals surface area contributed by atoms with Gasteiger partial charge in [0.25, 0.3) is 0 Å². The third-order valence-corrected chi connectivity index (χ3v) is 13.6. The number of halogens is 3. The lowest BCUT2D eigenvalue weighted by Crippen LogP contribution is -2.59. The Morgan fingerprint density at radius 1 is 1.07 bits per heavy atom. The maximum absolute atomic E-state index is 14.5. The molecule has 20 heteroatoms. The molecule has 16 nitrogen and oxygen atoms in total. The summed E-state index contributed by atoms with van der Waals surface area (Å²) < 4.78 is 79.2. The maximum Gasteiger partial charge on any atom is 0.311 e. The minimum atomic E-state index is -1.98. The molecule has 2 aliphatic heterocycles. The van der Waals surface area contributed by atoms with Gasteiger partial charge in [-0.05, 0) is 119 Å². The molecule has 0 unspecified atom stereocenters. The number of thiocarbonyl (C=S) groups is 1. The van der Waals surface area contributed by atoms with Crippen LogP contribution in [0.4, 0.5) is 18.9 Å². The molecular formula is C47H81F3N4O12S. The van der Waals surface area contributed by atoms with Gasteiger partial charge in [0.15, 0.2) is 35.1 Å². The standard InChI is InChI=1S/C47H81F3N4O12S/c1-14-35-47(10,60)41(57)29(6)54(20-15-19-51-45(67)52-33-17-16-32(48)37(49)38(33)50)24-25(2)23-46(9,59)42(66-44-39(56)34(53(11)12)22-26(3)62-44)27(4)40(28(5)43(58)64-35)65-36(18-21-61-13)63-31(8)30(7)55/h16-17,25-31,34-36,39-42,44,55-57,59-60H,14-15,18-24H2,1-13H3,(H2,51,52,67)/t25-,26-,27+,28-,29-,30-,31+,34+,35-,36+,39-,40+,41-,42-,44+,46-,47-/m1/s1. The third kappa shape index (κ3) is 16.1. The molecule has 2 saturated heterocycles. The molecule has 1 aromatic carbocycles. The van der Waals surface area contributed by atoms with E-state index in [1.165, 1.54) is 14.0 Å². The summed E-state index contributed by atoms with van der Waals surface area (Å²) >= 11 is 5.30. The molecule has 67 heavy (non-hydrogen) atoms. The molecule has 0 amide bonds. The molecule has 0 spiro atoms. The molecule has 3 rings (SSSR count). The number of hydrogen-bond acceptors (Lipinski definition) is 15. The van der Waals surface area contributed by atoms with E-state index in [1.807, 2.05) is 37.7 Å². The van der Waals surface area contributed by atoms with Gasteiger partial charge in [-0.15, -0.1) is 0 Å². The summed E-state index contributed by atoms with van der Waals surface area (Å²) in [4.78, 5) is 18.3. The fraction of sp³-hybridized carbons (Fsp3) is 0.830. The summed E-state index contributed by atoms with van der Waals surface area (Å²) in [5, 5.41) is 64.5. The fourth-order valence-electron chi connectivity index (χ4n) is 9.31. The summed E-state index contributed by atoms with van der Waals surface area (Å²) in [5.41, 5.74) is -4.04. The SMILES string of the molecule is CC[C@H]1OC(=O)[C@H](C)[C@@H](O[C@@H](CCOC)O[C@@H](C)[C@@H](C)O)[C@H](C)[C@@H](O[C@@H]2O[C@H](C)C[C@H](N(C)C)[C@H]2O)[C@](C)(O)C[C@@H](C)CN(CCCNC(=S)Nc2ccc(F)c(F)c2F)[C@H](C)[C@@H](O)[C@]1(C)O. The van der Waals surface area contributed by atoms with E-state index < -0.39 is 108 Å². The second kappa shape index (κ2) is 26.2. The average Bonchev–Trinajstić information content (AvgIpc) is 3.25. The van der Waals surface area contributed by atoms with Crippen molar-refractivity contribution in [2.45, 2.75) is 186 Å². The van der Waals surface area contributed by atoms with Gasteiger partial charge in [0, 0.05) is 51.2 Å². The minimum absolute atomic E-state index is 0.0425. The molecule has 2 fully saturated rings. The lowest BCUT2D eigenvalue weighted by Gasteiger charge is -2.47. The highest BCUT2D eigenvalue weighted by molar-refractivity contribution is 7.80. The topological polar surface area (TPSA) is 204 Å². The number of cyclic esters (lactones) is 1. The van der Waals surface area contributed by atoms with E-state index in [0.29, 0.717) is 19.4 Å². The van der Waals surface area contributed by atoms with Crippen LogP contribution in [-0.4, -0.2) is 179 Å². The summed E-state index contributed by atoms with van der Waals surface area (Å²) in [6, 6.07) is 0.700. The number of aliphatic hydroxyl groups is 5. The van der Waals surface area contributed by atoms with E-state index in [9.17, 15) is 43.5 Å². The Hall–Kier alpha value is -2.31. The highest BCUT2D eigenvalue weighted by atomic mass is 32.1. The molecule has 0 aromatic heterocycles. The van der Waals surface area contributed by atoms with Crippen molar-refractivity contribution in [2.24, 2.45) is 17.8 Å². The van der Waals surface area contributed by atoms with Crippen molar-refractivity contribution in [3.63, 3.8) is 0 Å². The van der Waals surface area contributed by atoms with Gasteiger partial charge in [0.2, 0.25) is 0 Å². The highest BCUT2D eigenvalue weighted by Gasteiger charge is 2.51. The van der Waals surface area contributed by atoms with Crippen LogP contribution in [0.5, 0.6) is 0 Å². The number of nitrogens with one attached hydrogen (secondary N) is 2. The van der Waals surface area contributed by atoms with E-state index >= 15 is 0 Å². The van der Waals surface area contributed by atoms with Crippen LogP contribution in [0.3, 0.4) is 0 Å². The summed E-state index contributed by atoms with van der Waals surface area (Å²) in [6.45, 7) is 17.9. The van der Waals surface area contributed by atoms with Gasteiger partial charge in [-0.3, -0.25) is 9.69 Å². The van der Waals surface area contributed by atoms with E-state index in [1.54, 1.807) is 48.5 Å². The first-order valence-electron chi connectivity index (χ1n) is 23.6. The first kappa shape index (κ1) is 59.0. The predicted molar refractivity (Wildman–Crippen MR) is 250 cm³/mol. The summed E-state index contributed by atoms with van der Waals surface area (Å²) in [5.74, 6) is -7.47.